The van der Waals surface area contributed by atoms with Crippen LogP contribution in [0.4, 0.5) is 0 Å². The SMILES string of the molecule is CCCCCOc1ccc(-c2nn3cc(-c4ccc(C(=O)N[C@H]5CC(O)CNC(=O)C6C(O)C(C)CN6C(=O)C(C(O)CC(N)=O)NC(=O)C(C(O)Cc6ccc(O)c(OSOOO)c6)NC(=O)C6CC(O)CN6C(=O)C(C(C)O)NC5=O)cc4)nc3s2)cc1. The highest BCUT2D eigenvalue weighted by Crippen LogP contribution is 2.33. The van der Waals surface area contributed by atoms with Gasteiger partial charge in [0.2, 0.25) is 46.3 Å². The number of phenols is 1. The third-order valence-corrected chi connectivity index (χ3v) is 16.7. The molecule has 0 aliphatic carbocycles. The Kier molecular flexibility index (Phi) is 23.1. The number of aliphatic hydroxyl groups is 6. The van der Waals surface area contributed by atoms with Crippen molar-refractivity contribution in [3.63, 3.8) is 0 Å². The van der Waals surface area contributed by atoms with Gasteiger partial charge in [0.15, 0.2) is 11.5 Å². The van der Waals surface area contributed by atoms with Crippen molar-refractivity contribution in [2.24, 2.45) is 11.7 Å². The van der Waals surface area contributed by atoms with Gasteiger partial charge >= 0.3 is 0 Å². The normalized spacial score (nSPS) is 25.0. The summed E-state index contributed by atoms with van der Waals surface area (Å²) in [6, 6.07) is 5.49. The van der Waals surface area contributed by atoms with E-state index in [9.17, 15) is 74.1 Å². The van der Waals surface area contributed by atoms with Crippen LogP contribution in [0.2, 0.25) is 0 Å². The summed E-state index contributed by atoms with van der Waals surface area (Å²) in [5.74, 6) is -10.3. The Morgan fingerprint density at radius 1 is 0.822 bits per heavy atom. The summed E-state index contributed by atoms with van der Waals surface area (Å²) < 4.78 is 16.8. The Bertz CT molecular complexity index is 3340. The number of unbranched alkanes of at least 4 members (excludes halogenated alkanes) is 2. The predicted octanol–water partition coefficient (Wildman–Crippen LogP) is -1.41. The van der Waals surface area contributed by atoms with Crippen LogP contribution in [0.25, 0.3) is 26.8 Å². The number of nitrogens with zero attached hydrogens (tertiary/aromatic N) is 5. The van der Waals surface area contributed by atoms with Gasteiger partial charge in [-0.3, -0.25) is 38.4 Å². The van der Waals surface area contributed by atoms with Crippen LogP contribution in [-0.4, -0.2) is 212 Å². The van der Waals surface area contributed by atoms with Crippen LogP contribution >= 0.6 is 23.7 Å². The van der Waals surface area contributed by atoms with Crippen molar-refractivity contribution in [3.05, 3.63) is 84.1 Å². The Morgan fingerprint density at radius 2 is 1.51 bits per heavy atom. The number of carbonyl (C=O) groups is 8. The molecule has 0 bridgehead atoms. The molecule has 3 aliphatic rings. The lowest BCUT2D eigenvalue weighted by molar-refractivity contribution is -0.433. The molecule has 0 radical (unpaired) electrons. The molecular weight excluding hydrogens is 1220 g/mol. The van der Waals surface area contributed by atoms with Gasteiger partial charge in [-0.15, -0.1) is 0 Å². The number of carbonyl (C=O) groups excluding carboxylic acids is 8. The minimum Gasteiger partial charge on any atom is -0.504 e. The number of imidazole rings is 1. The number of aromatic nitrogens is 3. The van der Waals surface area contributed by atoms with Crippen molar-refractivity contribution in [1.29, 1.82) is 0 Å². The second-order valence-electron chi connectivity index (χ2n) is 22.2. The van der Waals surface area contributed by atoms with E-state index in [0.29, 0.717) is 22.8 Å². The van der Waals surface area contributed by atoms with Gasteiger partial charge in [0, 0.05) is 61.5 Å². The molecule has 5 aromatic rings. The number of primary amides is 1. The summed E-state index contributed by atoms with van der Waals surface area (Å²) in [5, 5.41) is 108. The maximum Gasteiger partial charge on any atom is 0.261 e. The van der Waals surface area contributed by atoms with Crippen LogP contribution in [0.1, 0.15) is 75.2 Å². The lowest BCUT2D eigenvalue weighted by Gasteiger charge is -2.33. The van der Waals surface area contributed by atoms with Gasteiger partial charge in [-0.2, -0.15) is 5.10 Å². The number of hydrogen-bond donors (Lipinski definition) is 14. The van der Waals surface area contributed by atoms with E-state index in [0.717, 1.165) is 64.4 Å². The van der Waals surface area contributed by atoms with Crippen LogP contribution in [0.5, 0.6) is 17.2 Å². The standard InChI is InChI=1S/C57H71N11O20S2/c1-4-5-6-17-85-35-14-12-32(13-15-35)54-65-68-26-37(61-57(68)89-54)30-8-10-31(11-9-30)49(77)60-36-20-33(70)23-59-53(81)47-48(76)27(2)24-67(47)56(83)46(41(74)22-43(58)75)64-52(80)45(40(73)18-29-7-16-39(72)42(19-29)86-90-88-87-84)63-51(79)38-21-34(71)25-66(38)55(82)44(28(3)69)62-50(36)78/h7-16,19,26-28,33-34,36,38,40-41,44-48,69-74,76,84H,4-6,17-18,20-25H2,1-3H3,(H2,58,75)(H,59,81)(H,60,77)(H,62,78)(H,63,79)(H,64,80)/t27?,28?,33?,34?,36-,38?,40?,41?,44?,45?,46?,47?,48?/m0/s1. The zero-order valence-electron chi connectivity index (χ0n) is 48.8. The molecule has 3 fully saturated rings. The molecule has 15 N–H and O–H groups in total. The predicted molar refractivity (Wildman–Crippen MR) is 317 cm³/mol. The Balaban J connectivity index is 1.07. The zero-order chi connectivity index (χ0) is 65.1. The van der Waals surface area contributed by atoms with Crippen molar-refractivity contribution >= 4 is 75.9 Å². The number of nitrogens with two attached hydrogens (primary N) is 1. The molecule has 8 rings (SSSR count). The number of phenolic OH excluding ortho intramolecular Hbond substituents is 1. The first-order valence-electron chi connectivity index (χ1n) is 28.8. The summed E-state index contributed by atoms with van der Waals surface area (Å²) in [7, 11) is 0. The Hall–Kier alpha value is -8.09. The topological polar surface area (TPSA) is 458 Å². The van der Waals surface area contributed by atoms with E-state index in [1.54, 1.807) is 22.8 Å². The molecule has 3 aromatic carbocycles. The zero-order valence-corrected chi connectivity index (χ0v) is 50.5. The lowest BCUT2D eigenvalue weighted by Crippen LogP contribution is -2.64. The smallest absolute Gasteiger partial charge is 0.261 e. The number of nitrogens with one attached hydrogen (secondary N) is 5. The van der Waals surface area contributed by atoms with Crippen molar-refractivity contribution in [2.75, 3.05) is 26.2 Å². The Morgan fingerprint density at radius 3 is 2.19 bits per heavy atom. The summed E-state index contributed by atoms with van der Waals surface area (Å²) in [5.41, 5.74) is 7.47. The highest BCUT2D eigenvalue weighted by Gasteiger charge is 2.50. The molecule has 5 heterocycles. The second kappa shape index (κ2) is 30.6. The van der Waals surface area contributed by atoms with E-state index in [4.69, 9.17) is 30.0 Å². The van der Waals surface area contributed by atoms with Gasteiger partial charge in [-0.05, 0) is 67.4 Å². The van der Waals surface area contributed by atoms with Crippen molar-refractivity contribution < 1.29 is 97.7 Å². The molecule has 8 amide bonds. The van der Waals surface area contributed by atoms with Crippen LogP contribution in [0, 0.1) is 5.92 Å². The molecule has 3 aliphatic heterocycles. The first-order chi connectivity index (χ1) is 42.9. The van der Waals surface area contributed by atoms with Gasteiger partial charge < -0.3 is 86.8 Å². The molecule has 31 nitrogen and oxygen atoms in total. The Labute approximate surface area is 522 Å². The lowest BCUT2D eigenvalue weighted by atomic mass is 9.98. The summed E-state index contributed by atoms with van der Waals surface area (Å²) in [4.78, 5) is 120. The summed E-state index contributed by atoms with van der Waals surface area (Å²) >= 11 is 1.41. The largest absolute Gasteiger partial charge is 0.504 e. The fraction of sp³-hybridized carbons (Fsp3) is 0.474. The maximum atomic E-state index is 14.7. The minimum atomic E-state index is -2.22. The fourth-order valence-corrected chi connectivity index (χ4v) is 11.8. The van der Waals surface area contributed by atoms with Crippen molar-refractivity contribution in [1.82, 2.24) is 51.0 Å². The van der Waals surface area contributed by atoms with Crippen LogP contribution < -0.4 is 41.2 Å². The highest BCUT2D eigenvalue weighted by atomic mass is 32.2. The summed E-state index contributed by atoms with van der Waals surface area (Å²) in [6.45, 7) is 3.61. The molecular formula is C57H71N11O20S2. The van der Waals surface area contributed by atoms with E-state index in [-0.39, 0.29) is 29.2 Å². The second-order valence-corrected chi connectivity index (χ2v) is 23.6. The molecule has 0 spiro atoms. The van der Waals surface area contributed by atoms with Gasteiger partial charge in [0.05, 0.1) is 61.5 Å². The van der Waals surface area contributed by atoms with Crippen molar-refractivity contribution in [2.45, 2.75) is 139 Å². The highest BCUT2D eigenvalue weighted by molar-refractivity contribution is 7.90. The number of fused-ring (bicyclic) bond motifs is 3. The molecule has 13 atom stereocenters. The van der Waals surface area contributed by atoms with E-state index in [1.165, 1.54) is 36.5 Å². The number of rotatable bonds is 20. The van der Waals surface area contributed by atoms with Gasteiger partial charge in [0.25, 0.3) is 18.2 Å². The third-order valence-electron chi connectivity index (χ3n) is 15.4. The molecule has 486 valence electrons. The van der Waals surface area contributed by atoms with E-state index in [1.807, 2.05) is 24.3 Å². The van der Waals surface area contributed by atoms with Crippen LogP contribution in [-0.2, 0) is 49.4 Å². The molecule has 3 saturated heterocycles. The number of amides is 8. The first kappa shape index (κ1) is 67.8. The molecule has 90 heavy (non-hydrogen) atoms. The van der Waals surface area contributed by atoms with Gasteiger partial charge in [-0.25, -0.2) is 14.8 Å². The molecule has 33 heteroatoms. The van der Waals surface area contributed by atoms with E-state index < -0.39 is 177 Å². The van der Waals surface area contributed by atoms with E-state index in [2.05, 4.69) is 42.9 Å². The summed E-state index contributed by atoms with van der Waals surface area (Å²) in [6.07, 6.45) is -8.79. The minimum absolute atomic E-state index is 0.00421. The van der Waals surface area contributed by atoms with Crippen molar-refractivity contribution in [3.8, 4) is 39.1 Å². The molecule has 12 unspecified atom stereocenters. The monoisotopic (exact) mass is 1290 g/mol. The quantitative estimate of drug-likeness (QED) is 0.0184. The van der Waals surface area contributed by atoms with Crippen LogP contribution in [0.15, 0.2) is 72.9 Å². The average Bonchev–Trinajstić information content (AvgIpc) is 1.76. The number of β-amino-alcohol motifs (C(OH)–C–C–N with tert-alkyl or cyclic N) is 1. The number of benzene rings is 3. The molecule has 2 aromatic heterocycles. The number of hydrogen-bond acceptors (Lipinski definition) is 24. The maximum absolute atomic E-state index is 14.7. The van der Waals surface area contributed by atoms with Crippen LogP contribution in [0.3, 0.4) is 0 Å². The number of aliphatic hydroxyl groups excluding tert-OH is 6. The van der Waals surface area contributed by atoms with E-state index >= 15 is 0 Å². The van der Waals surface area contributed by atoms with Gasteiger partial charge in [-0.1, -0.05) is 65.6 Å². The number of ether oxygens (including phenoxy) is 1. The fourth-order valence-electron chi connectivity index (χ4n) is 10.6. The molecule has 0 saturated carbocycles. The van der Waals surface area contributed by atoms with Gasteiger partial charge in [0.1, 0.15) is 47.0 Å². The first-order valence-corrected chi connectivity index (χ1v) is 30.2. The average molecular weight is 1290 g/mol. The number of aromatic hydroxyl groups is 1. The third kappa shape index (κ3) is 16.6.